The minimum Gasteiger partial charge on any atom is -0.496 e. The zero-order chi connectivity index (χ0) is 8.27. The van der Waals surface area contributed by atoms with Crippen LogP contribution in [0.2, 0.25) is 0 Å². The standard InChI is InChI=1S/C9H11BrO/c1-7(10)8-5-3-4-6-9(8)11-2/h3-7H,1-2H3. The van der Waals surface area contributed by atoms with E-state index in [0.29, 0.717) is 4.83 Å². The van der Waals surface area contributed by atoms with E-state index in [-0.39, 0.29) is 0 Å². The van der Waals surface area contributed by atoms with Crippen molar-refractivity contribution < 1.29 is 4.74 Å². The quantitative estimate of drug-likeness (QED) is 0.688. The summed E-state index contributed by atoms with van der Waals surface area (Å²) in [5, 5.41) is 0. The molecule has 1 nitrogen and oxygen atoms in total. The van der Waals surface area contributed by atoms with Gasteiger partial charge in [0.05, 0.1) is 7.11 Å². The van der Waals surface area contributed by atoms with E-state index in [0.717, 1.165) is 5.75 Å². The van der Waals surface area contributed by atoms with Crippen LogP contribution in [0.25, 0.3) is 0 Å². The van der Waals surface area contributed by atoms with E-state index in [2.05, 4.69) is 28.9 Å². The van der Waals surface area contributed by atoms with Crippen LogP contribution in [0.15, 0.2) is 24.3 Å². The molecule has 0 saturated carbocycles. The Morgan fingerprint density at radius 1 is 1.36 bits per heavy atom. The minimum absolute atomic E-state index is 0.346. The van der Waals surface area contributed by atoms with Gasteiger partial charge < -0.3 is 4.74 Å². The monoisotopic (exact) mass is 214 g/mol. The van der Waals surface area contributed by atoms with Crippen molar-refractivity contribution >= 4 is 15.9 Å². The number of ether oxygens (including phenoxy) is 1. The van der Waals surface area contributed by atoms with E-state index in [1.165, 1.54) is 5.56 Å². The molecule has 1 rings (SSSR count). The van der Waals surface area contributed by atoms with E-state index in [4.69, 9.17) is 4.74 Å². The first-order valence-corrected chi connectivity index (χ1v) is 4.44. The molecule has 0 spiro atoms. The summed E-state index contributed by atoms with van der Waals surface area (Å²) < 4.78 is 5.18. The summed E-state index contributed by atoms with van der Waals surface area (Å²) in [7, 11) is 1.69. The lowest BCUT2D eigenvalue weighted by atomic mass is 10.1. The zero-order valence-electron chi connectivity index (χ0n) is 6.67. The molecule has 11 heavy (non-hydrogen) atoms. The molecule has 1 atom stereocenters. The molecular weight excluding hydrogens is 204 g/mol. The van der Waals surface area contributed by atoms with Crippen LogP contribution in [0.4, 0.5) is 0 Å². The van der Waals surface area contributed by atoms with Crippen molar-refractivity contribution in [3.63, 3.8) is 0 Å². The normalized spacial score (nSPS) is 12.6. The fourth-order valence-electron chi connectivity index (χ4n) is 0.995. The van der Waals surface area contributed by atoms with Crippen LogP contribution in [0, 0.1) is 0 Å². The zero-order valence-corrected chi connectivity index (χ0v) is 8.26. The molecule has 60 valence electrons. The van der Waals surface area contributed by atoms with Crippen LogP contribution >= 0.6 is 15.9 Å². The largest absolute Gasteiger partial charge is 0.496 e. The van der Waals surface area contributed by atoms with Crippen molar-refractivity contribution in [1.29, 1.82) is 0 Å². The van der Waals surface area contributed by atoms with Gasteiger partial charge in [-0.25, -0.2) is 0 Å². The Morgan fingerprint density at radius 3 is 2.45 bits per heavy atom. The summed E-state index contributed by atoms with van der Waals surface area (Å²) in [6.07, 6.45) is 0. The third kappa shape index (κ3) is 1.96. The summed E-state index contributed by atoms with van der Waals surface area (Å²) in [5.41, 5.74) is 1.19. The molecule has 0 fully saturated rings. The lowest BCUT2D eigenvalue weighted by Crippen LogP contribution is -1.90. The average molecular weight is 215 g/mol. The molecule has 2 heteroatoms. The van der Waals surface area contributed by atoms with Crippen LogP contribution in [0.3, 0.4) is 0 Å². The molecular formula is C9H11BrO. The van der Waals surface area contributed by atoms with E-state index in [1.54, 1.807) is 7.11 Å². The number of rotatable bonds is 2. The molecule has 0 amide bonds. The Bertz CT molecular complexity index is 233. The molecule has 0 aliphatic carbocycles. The third-order valence-corrected chi connectivity index (χ3v) is 2.06. The molecule has 0 aliphatic rings. The average Bonchev–Trinajstić information content (AvgIpc) is 2.04. The molecule has 0 saturated heterocycles. The fourth-order valence-corrected chi connectivity index (χ4v) is 1.37. The number of hydrogen-bond acceptors (Lipinski definition) is 1. The van der Waals surface area contributed by atoms with Gasteiger partial charge in [0.2, 0.25) is 0 Å². The lowest BCUT2D eigenvalue weighted by Gasteiger charge is -2.08. The van der Waals surface area contributed by atoms with Gasteiger partial charge in [0.25, 0.3) is 0 Å². The smallest absolute Gasteiger partial charge is 0.123 e. The molecule has 1 unspecified atom stereocenters. The highest BCUT2D eigenvalue weighted by Crippen LogP contribution is 2.29. The summed E-state index contributed by atoms with van der Waals surface area (Å²) in [6, 6.07) is 8.00. The Kier molecular flexibility index (Phi) is 2.94. The van der Waals surface area contributed by atoms with Crippen LogP contribution in [-0.4, -0.2) is 7.11 Å². The van der Waals surface area contributed by atoms with Crippen molar-refractivity contribution in [3.05, 3.63) is 29.8 Å². The fraction of sp³-hybridized carbons (Fsp3) is 0.333. The summed E-state index contributed by atoms with van der Waals surface area (Å²) >= 11 is 3.49. The maximum absolute atomic E-state index is 5.18. The molecule has 0 heterocycles. The number of alkyl halides is 1. The Labute approximate surface area is 75.5 Å². The highest BCUT2D eigenvalue weighted by atomic mass is 79.9. The Morgan fingerprint density at radius 2 is 2.00 bits per heavy atom. The van der Waals surface area contributed by atoms with Gasteiger partial charge in [-0.05, 0) is 13.0 Å². The first kappa shape index (κ1) is 8.60. The van der Waals surface area contributed by atoms with Crippen molar-refractivity contribution in [2.75, 3.05) is 7.11 Å². The maximum Gasteiger partial charge on any atom is 0.123 e. The van der Waals surface area contributed by atoms with E-state index in [1.807, 2.05) is 18.2 Å². The lowest BCUT2D eigenvalue weighted by molar-refractivity contribution is 0.410. The number of halogens is 1. The Balaban J connectivity index is 3.02. The number of methoxy groups -OCH3 is 1. The van der Waals surface area contributed by atoms with Gasteiger partial charge in [-0.3, -0.25) is 0 Å². The number of benzene rings is 1. The van der Waals surface area contributed by atoms with Gasteiger partial charge in [-0.1, -0.05) is 34.1 Å². The van der Waals surface area contributed by atoms with E-state index < -0.39 is 0 Å². The van der Waals surface area contributed by atoms with Crippen LogP contribution < -0.4 is 4.74 Å². The SMILES string of the molecule is COc1ccccc1C(C)Br. The third-order valence-electron chi connectivity index (χ3n) is 1.57. The van der Waals surface area contributed by atoms with Gasteiger partial charge in [0.1, 0.15) is 5.75 Å². The van der Waals surface area contributed by atoms with Gasteiger partial charge in [-0.2, -0.15) is 0 Å². The molecule has 0 radical (unpaired) electrons. The van der Waals surface area contributed by atoms with E-state index >= 15 is 0 Å². The van der Waals surface area contributed by atoms with Crippen molar-refractivity contribution in [3.8, 4) is 5.75 Å². The van der Waals surface area contributed by atoms with Gasteiger partial charge in [0.15, 0.2) is 0 Å². The number of hydrogen-bond donors (Lipinski definition) is 0. The second-order valence-electron chi connectivity index (χ2n) is 2.36. The minimum atomic E-state index is 0.346. The topological polar surface area (TPSA) is 9.23 Å². The van der Waals surface area contributed by atoms with Gasteiger partial charge >= 0.3 is 0 Å². The number of para-hydroxylation sites is 1. The predicted molar refractivity (Wildman–Crippen MR) is 50.3 cm³/mol. The second kappa shape index (κ2) is 3.77. The van der Waals surface area contributed by atoms with Gasteiger partial charge in [-0.15, -0.1) is 0 Å². The first-order chi connectivity index (χ1) is 5.25. The molecule has 1 aromatic carbocycles. The highest BCUT2D eigenvalue weighted by Gasteiger charge is 2.05. The van der Waals surface area contributed by atoms with Crippen molar-refractivity contribution in [2.24, 2.45) is 0 Å². The van der Waals surface area contributed by atoms with Crippen molar-refractivity contribution in [1.82, 2.24) is 0 Å². The maximum atomic E-state index is 5.18. The predicted octanol–water partition coefficient (Wildman–Crippen LogP) is 3.15. The summed E-state index contributed by atoms with van der Waals surface area (Å²) in [6.45, 7) is 2.08. The molecule has 0 N–H and O–H groups in total. The first-order valence-electron chi connectivity index (χ1n) is 3.52. The molecule has 1 aromatic rings. The van der Waals surface area contributed by atoms with Crippen LogP contribution in [0.1, 0.15) is 17.3 Å². The summed E-state index contributed by atoms with van der Waals surface area (Å²) in [4.78, 5) is 0.346. The van der Waals surface area contributed by atoms with Crippen molar-refractivity contribution in [2.45, 2.75) is 11.8 Å². The Hall–Kier alpha value is -0.500. The molecule has 0 bridgehead atoms. The van der Waals surface area contributed by atoms with Crippen LogP contribution in [0.5, 0.6) is 5.75 Å². The van der Waals surface area contributed by atoms with E-state index in [9.17, 15) is 0 Å². The van der Waals surface area contributed by atoms with Gasteiger partial charge in [0, 0.05) is 10.4 Å². The molecule has 0 aromatic heterocycles. The van der Waals surface area contributed by atoms with Crippen LogP contribution in [-0.2, 0) is 0 Å². The second-order valence-corrected chi connectivity index (χ2v) is 3.73. The summed E-state index contributed by atoms with van der Waals surface area (Å²) in [5.74, 6) is 0.942. The highest BCUT2D eigenvalue weighted by molar-refractivity contribution is 9.09. The molecule has 0 aliphatic heterocycles.